The molecule has 1 unspecified atom stereocenters. The van der Waals surface area contributed by atoms with E-state index in [1.807, 2.05) is 24.3 Å². The smallest absolute Gasteiger partial charge is 0.329 e. The topological polar surface area (TPSA) is 106 Å². The SMILES string of the molecule is COC(=O)C1CCN(C(=O)COC(=O)C2Cc3ccccc3CN2C(=O)c2ccco2)CC1. The number of amides is 2. The van der Waals surface area contributed by atoms with Crippen LogP contribution in [-0.2, 0) is 36.8 Å². The Balaban J connectivity index is 1.40. The standard InChI is InChI=1S/C24H26N2O7/c1-31-23(29)16-8-10-25(11-9-16)21(27)15-33-24(30)19-13-17-5-2-3-6-18(17)14-26(19)22(28)20-7-4-12-32-20/h2-7,12,16,19H,8-11,13-15H2,1H3. The fourth-order valence-corrected chi connectivity index (χ4v) is 4.34. The van der Waals surface area contributed by atoms with Gasteiger partial charge >= 0.3 is 11.9 Å². The Morgan fingerprint density at radius 3 is 2.39 bits per heavy atom. The third-order valence-electron chi connectivity index (χ3n) is 6.23. The maximum absolute atomic E-state index is 13.0. The number of hydrogen-bond acceptors (Lipinski definition) is 7. The van der Waals surface area contributed by atoms with Crippen LogP contribution in [0, 0.1) is 5.92 Å². The number of benzene rings is 1. The van der Waals surface area contributed by atoms with Crippen LogP contribution in [0.5, 0.6) is 0 Å². The Kier molecular flexibility index (Phi) is 6.76. The zero-order chi connectivity index (χ0) is 23.4. The highest BCUT2D eigenvalue weighted by Crippen LogP contribution is 2.26. The number of ether oxygens (including phenoxy) is 2. The minimum absolute atomic E-state index is 0.136. The van der Waals surface area contributed by atoms with Crippen LogP contribution >= 0.6 is 0 Å². The number of rotatable bonds is 5. The third-order valence-corrected chi connectivity index (χ3v) is 6.23. The predicted molar refractivity (Wildman–Crippen MR) is 115 cm³/mol. The van der Waals surface area contributed by atoms with Crippen LogP contribution in [-0.4, -0.2) is 66.4 Å². The van der Waals surface area contributed by atoms with E-state index in [-0.39, 0.29) is 30.1 Å². The number of carbonyl (C=O) groups excluding carboxylic acids is 4. The molecule has 2 aromatic rings. The van der Waals surface area contributed by atoms with Crippen molar-refractivity contribution in [3.05, 3.63) is 59.5 Å². The quantitative estimate of drug-likeness (QED) is 0.634. The summed E-state index contributed by atoms with van der Waals surface area (Å²) < 4.78 is 15.4. The molecule has 1 fully saturated rings. The molecule has 1 saturated heterocycles. The summed E-state index contributed by atoms with van der Waals surface area (Å²) in [6.45, 7) is 0.624. The number of carbonyl (C=O) groups is 4. The molecule has 0 aliphatic carbocycles. The second kappa shape index (κ2) is 9.89. The molecule has 0 spiro atoms. The van der Waals surface area contributed by atoms with E-state index in [1.54, 1.807) is 17.0 Å². The lowest BCUT2D eigenvalue weighted by molar-refractivity contribution is -0.157. The normalized spacial score (nSPS) is 18.4. The van der Waals surface area contributed by atoms with Gasteiger partial charge in [0.25, 0.3) is 11.8 Å². The van der Waals surface area contributed by atoms with Gasteiger partial charge in [0, 0.05) is 26.1 Å². The van der Waals surface area contributed by atoms with E-state index in [2.05, 4.69) is 0 Å². The van der Waals surface area contributed by atoms with Crippen LogP contribution in [0.15, 0.2) is 47.1 Å². The molecule has 9 heteroatoms. The molecule has 3 heterocycles. The highest BCUT2D eigenvalue weighted by atomic mass is 16.5. The number of nitrogens with zero attached hydrogens (tertiary/aromatic N) is 2. The maximum Gasteiger partial charge on any atom is 0.329 e. The Morgan fingerprint density at radius 2 is 1.73 bits per heavy atom. The lowest BCUT2D eigenvalue weighted by Gasteiger charge is -2.35. The summed E-state index contributed by atoms with van der Waals surface area (Å²) in [7, 11) is 1.35. The summed E-state index contributed by atoms with van der Waals surface area (Å²) in [5.41, 5.74) is 1.91. The van der Waals surface area contributed by atoms with Gasteiger partial charge in [-0.25, -0.2) is 4.79 Å². The van der Waals surface area contributed by atoms with Gasteiger partial charge in [-0.1, -0.05) is 24.3 Å². The zero-order valence-corrected chi connectivity index (χ0v) is 18.4. The fourth-order valence-electron chi connectivity index (χ4n) is 4.34. The molecule has 0 saturated carbocycles. The lowest BCUT2D eigenvalue weighted by Crippen LogP contribution is -2.50. The summed E-state index contributed by atoms with van der Waals surface area (Å²) in [5.74, 6) is -1.73. The molecule has 33 heavy (non-hydrogen) atoms. The molecule has 4 rings (SSSR count). The second-order valence-electron chi connectivity index (χ2n) is 8.18. The van der Waals surface area contributed by atoms with E-state index < -0.39 is 24.5 Å². The van der Waals surface area contributed by atoms with Crippen molar-refractivity contribution < 1.29 is 33.1 Å². The van der Waals surface area contributed by atoms with E-state index in [4.69, 9.17) is 13.9 Å². The van der Waals surface area contributed by atoms with Gasteiger partial charge in [-0.05, 0) is 36.1 Å². The molecular weight excluding hydrogens is 428 g/mol. The molecule has 0 bridgehead atoms. The summed E-state index contributed by atoms with van der Waals surface area (Å²) in [6, 6.07) is 9.90. The first kappa shape index (κ1) is 22.6. The first-order valence-corrected chi connectivity index (χ1v) is 10.9. The minimum Gasteiger partial charge on any atom is -0.469 e. The molecule has 1 aromatic carbocycles. The van der Waals surface area contributed by atoms with Gasteiger partial charge in [-0.2, -0.15) is 0 Å². The summed E-state index contributed by atoms with van der Waals surface area (Å²) in [6.07, 6.45) is 2.72. The molecule has 1 atom stereocenters. The van der Waals surface area contributed by atoms with Crippen molar-refractivity contribution in [3.63, 3.8) is 0 Å². The lowest BCUT2D eigenvalue weighted by atomic mass is 9.93. The number of esters is 2. The largest absolute Gasteiger partial charge is 0.469 e. The highest BCUT2D eigenvalue weighted by molar-refractivity contribution is 5.95. The molecule has 1 aromatic heterocycles. The number of methoxy groups -OCH3 is 1. The van der Waals surface area contributed by atoms with Gasteiger partial charge in [0.2, 0.25) is 0 Å². The van der Waals surface area contributed by atoms with Crippen molar-refractivity contribution >= 4 is 23.8 Å². The van der Waals surface area contributed by atoms with Crippen molar-refractivity contribution in [2.75, 3.05) is 26.8 Å². The van der Waals surface area contributed by atoms with Crippen LogP contribution in [0.1, 0.15) is 34.5 Å². The van der Waals surface area contributed by atoms with E-state index in [0.717, 1.165) is 11.1 Å². The third kappa shape index (κ3) is 4.92. The van der Waals surface area contributed by atoms with Gasteiger partial charge in [-0.15, -0.1) is 0 Å². The van der Waals surface area contributed by atoms with Crippen LogP contribution in [0.2, 0.25) is 0 Å². The van der Waals surface area contributed by atoms with Crippen LogP contribution < -0.4 is 0 Å². The van der Waals surface area contributed by atoms with Crippen molar-refractivity contribution in [1.82, 2.24) is 9.80 Å². The molecule has 0 N–H and O–H groups in total. The number of likely N-dealkylation sites (tertiary alicyclic amines) is 1. The van der Waals surface area contributed by atoms with Gasteiger partial charge in [0.15, 0.2) is 12.4 Å². The van der Waals surface area contributed by atoms with Gasteiger partial charge in [0.1, 0.15) is 6.04 Å². The average Bonchev–Trinajstić information content (AvgIpc) is 3.40. The van der Waals surface area contributed by atoms with Crippen molar-refractivity contribution in [1.29, 1.82) is 0 Å². The van der Waals surface area contributed by atoms with E-state index >= 15 is 0 Å². The maximum atomic E-state index is 13.0. The fraction of sp³-hybridized carbons (Fsp3) is 0.417. The Bertz CT molecular complexity index is 1030. The van der Waals surface area contributed by atoms with Gasteiger partial charge < -0.3 is 23.7 Å². The van der Waals surface area contributed by atoms with Crippen molar-refractivity contribution in [2.24, 2.45) is 5.92 Å². The minimum atomic E-state index is -0.865. The van der Waals surface area contributed by atoms with Gasteiger partial charge in [0.05, 0.1) is 19.3 Å². The van der Waals surface area contributed by atoms with Crippen molar-refractivity contribution in [3.8, 4) is 0 Å². The van der Waals surface area contributed by atoms with Crippen LogP contribution in [0.25, 0.3) is 0 Å². The van der Waals surface area contributed by atoms with Crippen LogP contribution in [0.4, 0.5) is 0 Å². The summed E-state index contributed by atoms with van der Waals surface area (Å²) in [5, 5.41) is 0. The Morgan fingerprint density at radius 1 is 1.00 bits per heavy atom. The molecule has 0 radical (unpaired) electrons. The molecule has 2 amide bonds. The van der Waals surface area contributed by atoms with E-state index in [0.29, 0.717) is 32.4 Å². The molecule has 2 aliphatic rings. The molecular formula is C24H26N2O7. The van der Waals surface area contributed by atoms with Crippen LogP contribution in [0.3, 0.4) is 0 Å². The monoisotopic (exact) mass is 454 g/mol. The summed E-state index contributed by atoms with van der Waals surface area (Å²) >= 11 is 0. The highest BCUT2D eigenvalue weighted by Gasteiger charge is 2.37. The number of piperidine rings is 1. The number of furan rings is 1. The molecule has 2 aliphatic heterocycles. The second-order valence-corrected chi connectivity index (χ2v) is 8.18. The van der Waals surface area contributed by atoms with E-state index in [9.17, 15) is 19.2 Å². The van der Waals surface area contributed by atoms with Crippen molar-refractivity contribution in [2.45, 2.75) is 31.8 Å². The molecule has 174 valence electrons. The van der Waals surface area contributed by atoms with E-state index in [1.165, 1.54) is 18.3 Å². The predicted octanol–water partition coefficient (Wildman–Crippen LogP) is 1.80. The first-order valence-electron chi connectivity index (χ1n) is 10.9. The Labute approximate surface area is 191 Å². The molecule has 9 nitrogen and oxygen atoms in total. The Hall–Kier alpha value is -3.62. The number of fused-ring (bicyclic) bond motifs is 1. The average molecular weight is 454 g/mol. The first-order chi connectivity index (χ1) is 16.0. The van der Waals surface area contributed by atoms with Gasteiger partial charge in [-0.3, -0.25) is 14.4 Å². The number of hydrogen-bond donors (Lipinski definition) is 0. The zero-order valence-electron chi connectivity index (χ0n) is 18.4. The summed E-state index contributed by atoms with van der Waals surface area (Å²) in [4.78, 5) is 53.2.